The van der Waals surface area contributed by atoms with E-state index in [0.717, 1.165) is 10.6 Å². The van der Waals surface area contributed by atoms with Crippen LogP contribution in [0.2, 0.25) is 0 Å². The Morgan fingerprint density at radius 2 is 2.14 bits per heavy atom. The van der Waals surface area contributed by atoms with Crippen LogP contribution in [-0.4, -0.2) is 20.1 Å². The van der Waals surface area contributed by atoms with E-state index in [1.807, 2.05) is 5.38 Å². The fourth-order valence-electron chi connectivity index (χ4n) is 1.12. The van der Waals surface area contributed by atoms with E-state index in [9.17, 15) is 5.11 Å². The molecule has 2 aromatic rings. The molecule has 72 valence electrons. The Bertz CT molecular complexity index is 376. The average molecular weight is 207 g/mol. The monoisotopic (exact) mass is 207 g/mol. The van der Waals surface area contributed by atoms with E-state index in [4.69, 9.17) is 0 Å². The van der Waals surface area contributed by atoms with Crippen molar-refractivity contribution < 1.29 is 5.11 Å². The lowest BCUT2D eigenvalue weighted by atomic mass is 10.1. The molecule has 2 rings (SSSR count). The molecule has 14 heavy (non-hydrogen) atoms. The third-order valence-electron chi connectivity index (χ3n) is 1.82. The number of aliphatic hydroxyl groups is 1. The van der Waals surface area contributed by atoms with Crippen LogP contribution in [0.5, 0.6) is 0 Å². The fraction of sp³-hybridized carbons (Fsp3) is 0.222. The summed E-state index contributed by atoms with van der Waals surface area (Å²) >= 11 is 1.53. The molecule has 2 aromatic heterocycles. The molecule has 0 saturated heterocycles. The van der Waals surface area contributed by atoms with Crippen LogP contribution in [0.4, 0.5) is 0 Å². The number of thiazole rings is 1. The van der Waals surface area contributed by atoms with Crippen molar-refractivity contribution in [2.75, 3.05) is 0 Å². The van der Waals surface area contributed by atoms with Gasteiger partial charge in [-0.2, -0.15) is 0 Å². The zero-order chi connectivity index (χ0) is 9.80. The zero-order valence-electron chi connectivity index (χ0n) is 7.37. The van der Waals surface area contributed by atoms with Crippen molar-refractivity contribution in [1.82, 2.24) is 15.0 Å². The molecule has 0 aliphatic rings. The first-order chi connectivity index (χ1) is 6.86. The SMILES string of the molecule is OC(Cc1nccs1)c1cncnc1. The summed E-state index contributed by atoms with van der Waals surface area (Å²) in [5.74, 6) is 0. The quantitative estimate of drug-likeness (QED) is 0.821. The van der Waals surface area contributed by atoms with Gasteiger partial charge in [-0.05, 0) is 0 Å². The summed E-state index contributed by atoms with van der Waals surface area (Å²) in [5, 5.41) is 12.6. The first kappa shape index (κ1) is 9.23. The smallest absolute Gasteiger partial charge is 0.115 e. The molecular weight excluding hydrogens is 198 g/mol. The maximum atomic E-state index is 9.78. The van der Waals surface area contributed by atoms with Gasteiger partial charge >= 0.3 is 0 Å². The van der Waals surface area contributed by atoms with Crippen molar-refractivity contribution >= 4 is 11.3 Å². The molecule has 1 atom stereocenters. The molecule has 0 amide bonds. The Hall–Kier alpha value is -1.33. The maximum absolute atomic E-state index is 9.78. The predicted octanol–water partition coefficient (Wildman–Crippen LogP) is 1.21. The van der Waals surface area contributed by atoms with Crippen molar-refractivity contribution in [3.63, 3.8) is 0 Å². The minimum Gasteiger partial charge on any atom is -0.388 e. The third kappa shape index (κ3) is 2.12. The number of hydrogen-bond acceptors (Lipinski definition) is 5. The van der Waals surface area contributed by atoms with Crippen LogP contribution in [-0.2, 0) is 6.42 Å². The molecule has 4 nitrogen and oxygen atoms in total. The third-order valence-corrected chi connectivity index (χ3v) is 2.62. The van der Waals surface area contributed by atoms with Crippen LogP contribution in [0.25, 0.3) is 0 Å². The van der Waals surface area contributed by atoms with E-state index in [0.29, 0.717) is 6.42 Å². The summed E-state index contributed by atoms with van der Waals surface area (Å²) in [4.78, 5) is 11.8. The van der Waals surface area contributed by atoms with Crippen LogP contribution in [0.15, 0.2) is 30.3 Å². The van der Waals surface area contributed by atoms with Crippen molar-refractivity contribution in [2.45, 2.75) is 12.5 Å². The molecular formula is C9H9N3OS. The minimum atomic E-state index is -0.567. The first-order valence-corrected chi connectivity index (χ1v) is 5.05. The molecule has 0 aromatic carbocycles. The summed E-state index contributed by atoms with van der Waals surface area (Å²) in [5.41, 5.74) is 0.725. The summed E-state index contributed by atoms with van der Waals surface area (Å²) in [6, 6.07) is 0. The highest BCUT2D eigenvalue weighted by molar-refractivity contribution is 7.09. The molecule has 0 radical (unpaired) electrons. The van der Waals surface area contributed by atoms with E-state index in [2.05, 4.69) is 15.0 Å². The molecule has 0 spiro atoms. The Morgan fingerprint density at radius 1 is 1.36 bits per heavy atom. The number of aliphatic hydroxyl groups excluding tert-OH is 1. The summed E-state index contributed by atoms with van der Waals surface area (Å²) < 4.78 is 0. The Morgan fingerprint density at radius 3 is 2.79 bits per heavy atom. The predicted molar refractivity (Wildman–Crippen MR) is 52.8 cm³/mol. The van der Waals surface area contributed by atoms with Crippen molar-refractivity contribution in [3.8, 4) is 0 Å². The second kappa shape index (κ2) is 4.26. The largest absolute Gasteiger partial charge is 0.388 e. The van der Waals surface area contributed by atoms with Gasteiger partial charge in [-0.15, -0.1) is 11.3 Å². The molecule has 1 unspecified atom stereocenters. The highest BCUT2D eigenvalue weighted by Gasteiger charge is 2.10. The van der Waals surface area contributed by atoms with Crippen molar-refractivity contribution in [3.05, 3.63) is 40.9 Å². The first-order valence-electron chi connectivity index (χ1n) is 4.17. The summed E-state index contributed by atoms with van der Waals surface area (Å²) in [7, 11) is 0. The van der Waals surface area contributed by atoms with Gasteiger partial charge in [0.1, 0.15) is 6.33 Å². The lowest BCUT2D eigenvalue weighted by Crippen LogP contribution is -2.02. The number of nitrogens with zero attached hydrogens (tertiary/aromatic N) is 3. The van der Waals surface area contributed by atoms with E-state index in [-0.39, 0.29) is 0 Å². The van der Waals surface area contributed by atoms with Gasteiger partial charge in [0.2, 0.25) is 0 Å². The van der Waals surface area contributed by atoms with Gasteiger partial charge in [0.05, 0.1) is 11.1 Å². The van der Waals surface area contributed by atoms with E-state index in [1.165, 1.54) is 17.7 Å². The van der Waals surface area contributed by atoms with Crippen LogP contribution < -0.4 is 0 Å². The second-order valence-corrected chi connectivity index (χ2v) is 3.80. The Kier molecular flexibility index (Phi) is 2.81. The van der Waals surface area contributed by atoms with Gasteiger partial charge in [-0.25, -0.2) is 15.0 Å². The number of aromatic nitrogens is 3. The van der Waals surface area contributed by atoms with E-state index >= 15 is 0 Å². The molecule has 2 heterocycles. The normalized spacial score (nSPS) is 12.6. The van der Waals surface area contributed by atoms with E-state index in [1.54, 1.807) is 18.6 Å². The number of rotatable bonds is 3. The minimum absolute atomic E-state index is 0.519. The highest BCUT2D eigenvalue weighted by Crippen LogP contribution is 2.17. The maximum Gasteiger partial charge on any atom is 0.115 e. The van der Waals surface area contributed by atoms with Crippen LogP contribution in [0.1, 0.15) is 16.7 Å². The lowest BCUT2D eigenvalue weighted by Gasteiger charge is -2.06. The molecule has 5 heteroatoms. The standard InChI is InChI=1S/C9H9N3OS/c13-8(3-9-12-1-2-14-9)7-4-10-6-11-5-7/h1-2,4-6,8,13H,3H2. The van der Waals surface area contributed by atoms with Gasteiger partial charge in [0, 0.05) is 36.0 Å². The molecule has 0 saturated carbocycles. The molecule has 0 aliphatic carbocycles. The van der Waals surface area contributed by atoms with Gasteiger partial charge < -0.3 is 5.11 Å². The topological polar surface area (TPSA) is 58.9 Å². The molecule has 0 aliphatic heterocycles. The molecule has 0 fully saturated rings. The second-order valence-electron chi connectivity index (χ2n) is 2.82. The van der Waals surface area contributed by atoms with Gasteiger partial charge in [-0.1, -0.05) is 0 Å². The summed E-state index contributed by atoms with van der Waals surface area (Å²) in [6.07, 6.45) is 6.36. The van der Waals surface area contributed by atoms with Crippen LogP contribution in [0.3, 0.4) is 0 Å². The van der Waals surface area contributed by atoms with E-state index < -0.39 is 6.10 Å². The van der Waals surface area contributed by atoms with Crippen LogP contribution in [0, 0.1) is 0 Å². The Balaban J connectivity index is 2.07. The molecule has 1 N–H and O–H groups in total. The van der Waals surface area contributed by atoms with Crippen molar-refractivity contribution in [2.24, 2.45) is 0 Å². The van der Waals surface area contributed by atoms with Gasteiger partial charge in [0.15, 0.2) is 0 Å². The average Bonchev–Trinajstić information content (AvgIpc) is 2.72. The Labute approximate surface area is 85.3 Å². The highest BCUT2D eigenvalue weighted by atomic mass is 32.1. The molecule has 0 bridgehead atoms. The fourth-order valence-corrected chi connectivity index (χ4v) is 1.77. The van der Waals surface area contributed by atoms with Crippen molar-refractivity contribution in [1.29, 1.82) is 0 Å². The van der Waals surface area contributed by atoms with Gasteiger partial charge in [0.25, 0.3) is 0 Å². The number of hydrogen-bond donors (Lipinski definition) is 1. The zero-order valence-corrected chi connectivity index (χ0v) is 8.18. The van der Waals surface area contributed by atoms with Gasteiger partial charge in [-0.3, -0.25) is 0 Å². The summed E-state index contributed by atoms with van der Waals surface area (Å²) in [6.45, 7) is 0. The lowest BCUT2D eigenvalue weighted by molar-refractivity contribution is 0.177. The van der Waals surface area contributed by atoms with Crippen LogP contribution >= 0.6 is 11.3 Å².